The first-order valence-corrected chi connectivity index (χ1v) is 5.10. The van der Waals surface area contributed by atoms with Gasteiger partial charge in [0, 0.05) is 5.39 Å². The van der Waals surface area contributed by atoms with Gasteiger partial charge in [-0.15, -0.1) is 0 Å². The summed E-state index contributed by atoms with van der Waals surface area (Å²) in [5, 5.41) is 9.19. The fourth-order valence-electron chi connectivity index (χ4n) is 1.90. The van der Waals surface area contributed by atoms with Crippen molar-refractivity contribution in [3.63, 3.8) is 0 Å². The molecule has 0 atom stereocenters. The highest BCUT2D eigenvalue weighted by molar-refractivity contribution is 5.89. The molecule has 17 heavy (non-hydrogen) atoms. The van der Waals surface area contributed by atoms with E-state index in [1.54, 1.807) is 18.2 Å². The number of aryl methyl sites for hydroxylation is 1. The van der Waals surface area contributed by atoms with Gasteiger partial charge in [-0.25, -0.2) is 0 Å². The van der Waals surface area contributed by atoms with Crippen LogP contribution < -0.4 is 0 Å². The molecule has 1 aromatic carbocycles. The van der Waals surface area contributed by atoms with E-state index in [1.165, 1.54) is 6.07 Å². The average molecular weight is 238 g/mol. The van der Waals surface area contributed by atoms with Crippen LogP contribution in [0.2, 0.25) is 0 Å². The minimum Gasteiger partial charge on any atom is -0.350 e. The van der Waals surface area contributed by atoms with Crippen LogP contribution >= 0.6 is 0 Å². The van der Waals surface area contributed by atoms with E-state index in [0.29, 0.717) is 17.3 Å². The molecule has 5 heteroatoms. The number of nitrogens with one attached hydrogen (secondary N) is 1. The van der Waals surface area contributed by atoms with Crippen molar-refractivity contribution in [2.75, 3.05) is 0 Å². The van der Waals surface area contributed by atoms with Gasteiger partial charge < -0.3 is 4.98 Å². The van der Waals surface area contributed by atoms with Crippen LogP contribution in [0.4, 0.5) is 13.2 Å². The van der Waals surface area contributed by atoms with Crippen LogP contribution in [0.5, 0.6) is 0 Å². The van der Waals surface area contributed by atoms with E-state index in [2.05, 4.69) is 4.98 Å². The maximum atomic E-state index is 12.7. The molecular formula is C12H9F3N2. The first-order chi connectivity index (χ1) is 7.99. The third kappa shape index (κ3) is 1.76. The Kier molecular flexibility index (Phi) is 2.58. The summed E-state index contributed by atoms with van der Waals surface area (Å²) < 4.78 is 38.2. The van der Waals surface area contributed by atoms with Gasteiger partial charge >= 0.3 is 6.18 Å². The zero-order chi connectivity index (χ0) is 12.6. The molecular weight excluding hydrogens is 229 g/mol. The fraction of sp³-hybridized carbons (Fsp3) is 0.250. The molecule has 88 valence electrons. The predicted octanol–water partition coefficient (Wildman–Crippen LogP) is 3.62. The highest BCUT2D eigenvalue weighted by Gasteiger charge is 2.36. The van der Waals surface area contributed by atoms with Crippen LogP contribution in [0, 0.1) is 11.3 Å². The highest BCUT2D eigenvalue weighted by atomic mass is 19.4. The van der Waals surface area contributed by atoms with E-state index < -0.39 is 11.9 Å². The lowest BCUT2D eigenvalue weighted by molar-refractivity contribution is -0.140. The first-order valence-electron chi connectivity index (χ1n) is 5.10. The predicted molar refractivity (Wildman–Crippen MR) is 57.4 cm³/mol. The smallest absolute Gasteiger partial charge is 0.350 e. The molecule has 2 aromatic rings. The molecule has 0 amide bonds. The third-order valence-corrected chi connectivity index (χ3v) is 2.70. The Morgan fingerprint density at radius 3 is 2.59 bits per heavy atom. The van der Waals surface area contributed by atoms with Crippen molar-refractivity contribution >= 4 is 10.9 Å². The topological polar surface area (TPSA) is 39.6 Å². The summed E-state index contributed by atoms with van der Waals surface area (Å²) in [7, 11) is 0. The molecule has 0 bridgehead atoms. The maximum Gasteiger partial charge on any atom is 0.432 e. The first kappa shape index (κ1) is 11.5. The normalized spacial score (nSPS) is 11.7. The number of rotatable bonds is 1. The van der Waals surface area contributed by atoms with E-state index in [1.807, 2.05) is 6.92 Å². The summed E-state index contributed by atoms with van der Waals surface area (Å²) in [5.74, 6) is 0. The SMILES string of the molecule is CCc1cccc2c(C#N)c(C(F)(F)F)[nH]c12. The van der Waals surface area contributed by atoms with Crippen LogP contribution in [0.3, 0.4) is 0 Å². The molecule has 0 aliphatic heterocycles. The van der Waals surface area contributed by atoms with Crippen molar-refractivity contribution in [1.82, 2.24) is 4.98 Å². The number of para-hydroxylation sites is 1. The standard InChI is InChI=1S/C12H9F3N2/c1-2-7-4-3-5-8-9(6-16)11(12(13,14)15)17-10(7)8/h3-5,17H,2H2,1H3. The molecule has 2 rings (SSSR count). The minimum absolute atomic E-state index is 0.331. The van der Waals surface area contributed by atoms with Crippen molar-refractivity contribution < 1.29 is 13.2 Å². The van der Waals surface area contributed by atoms with E-state index in [0.717, 1.165) is 5.56 Å². The number of aromatic nitrogens is 1. The van der Waals surface area contributed by atoms with Crippen molar-refractivity contribution in [2.45, 2.75) is 19.5 Å². The van der Waals surface area contributed by atoms with Crippen molar-refractivity contribution in [2.24, 2.45) is 0 Å². The van der Waals surface area contributed by atoms with Gasteiger partial charge in [-0.05, 0) is 12.0 Å². The fourth-order valence-corrected chi connectivity index (χ4v) is 1.90. The lowest BCUT2D eigenvalue weighted by atomic mass is 10.1. The molecule has 0 radical (unpaired) electrons. The van der Waals surface area contributed by atoms with Crippen LogP contribution in [-0.2, 0) is 12.6 Å². The van der Waals surface area contributed by atoms with Gasteiger partial charge in [0.25, 0.3) is 0 Å². The number of aromatic amines is 1. The number of nitriles is 1. The second-order valence-electron chi connectivity index (χ2n) is 3.68. The van der Waals surface area contributed by atoms with Crippen LogP contribution in [0.25, 0.3) is 10.9 Å². The second kappa shape index (κ2) is 3.81. The number of alkyl halides is 3. The monoisotopic (exact) mass is 238 g/mol. The van der Waals surface area contributed by atoms with Gasteiger partial charge in [0.15, 0.2) is 0 Å². The number of nitrogens with zero attached hydrogens (tertiary/aromatic N) is 1. The Morgan fingerprint density at radius 1 is 1.35 bits per heavy atom. The molecule has 0 saturated heterocycles. The van der Waals surface area contributed by atoms with Crippen LogP contribution in [0.15, 0.2) is 18.2 Å². The van der Waals surface area contributed by atoms with E-state index >= 15 is 0 Å². The van der Waals surface area contributed by atoms with Crippen molar-refractivity contribution in [1.29, 1.82) is 5.26 Å². The zero-order valence-electron chi connectivity index (χ0n) is 9.02. The van der Waals surface area contributed by atoms with Crippen LogP contribution in [0.1, 0.15) is 23.7 Å². The molecule has 1 N–H and O–H groups in total. The maximum absolute atomic E-state index is 12.7. The van der Waals surface area contributed by atoms with E-state index in [9.17, 15) is 13.2 Å². The largest absolute Gasteiger partial charge is 0.432 e. The van der Waals surface area contributed by atoms with Crippen molar-refractivity contribution in [3.05, 3.63) is 35.0 Å². The Bertz CT molecular complexity index is 602. The number of benzene rings is 1. The van der Waals surface area contributed by atoms with E-state index in [4.69, 9.17) is 5.26 Å². The quantitative estimate of drug-likeness (QED) is 0.809. The second-order valence-corrected chi connectivity index (χ2v) is 3.68. The number of hydrogen-bond acceptors (Lipinski definition) is 1. The number of hydrogen-bond donors (Lipinski definition) is 1. The highest BCUT2D eigenvalue weighted by Crippen LogP contribution is 2.35. The lowest BCUT2D eigenvalue weighted by Gasteiger charge is -2.03. The molecule has 1 aromatic heterocycles. The summed E-state index contributed by atoms with van der Waals surface area (Å²) in [6, 6.07) is 6.56. The third-order valence-electron chi connectivity index (χ3n) is 2.70. The number of H-pyrrole nitrogens is 1. The summed E-state index contributed by atoms with van der Waals surface area (Å²) in [5.41, 5.74) is -0.118. The number of fused-ring (bicyclic) bond motifs is 1. The summed E-state index contributed by atoms with van der Waals surface area (Å²) in [4.78, 5) is 2.33. The van der Waals surface area contributed by atoms with Gasteiger partial charge in [-0.2, -0.15) is 18.4 Å². The van der Waals surface area contributed by atoms with E-state index in [-0.39, 0.29) is 5.56 Å². The molecule has 2 nitrogen and oxygen atoms in total. The number of halogens is 3. The van der Waals surface area contributed by atoms with Gasteiger partial charge in [0.2, 0.25) is 0 Å². The molecule has 1 heterocycles. The molecule has 0 spiro atoms. The molecule has 0 aliphatic rings. The molecule has 0 unspecified atom stereocenters. The summed E-state index contributed by atoms with van der Waals surface area (Å²) >= 11 is 0. The lowest BCUT2D eigenvalue weighted by Crippen LogP contribution is -2.07. The van der Waals surface area contributed by atoms with Crippen molar-refractivity contribution in [3.8, 4) is 6.07 Å². The molecule has 0 aliphatic carbocycles. The van der Waals surface area contributed by atoms with Crippen LogP contribution in [-0.4, -0.2) is 4.98 Å². The summed E-state index contributed by atoms with van der Waals surface area (Å²) in [6.07, 6.45) is -3.92. The molecule has 0 fully saturated rings. The summed E-state index contributed by atoms with van der Waals surface area (Å²) in [6.45, 7) is 1.86. The Balaban J connectivity index is 2.85. The average Bonchev–Trinajstić information content (AvgIpc) is 2.66. The van der Waals surface area contributed by atoms with Gasteiger partial charge in [0.1, 0.15) is 11.8 Å². The van der Waals surface area contributed by atoms with Gasteiger partial charge in [-0.1, -0.05) is 25.1 Å². The van der Waals surface area contributed by atoms with Gasteiger partial charge in [0.05, 0.1) is 11.1 Å². The minimum atomic E-state index is -4.53. The zero-order valence-corrected chi connectivity index (χ0v) is 9.02. The Hall–Kier alpha value is -1.96. The Labute approximate surface area is 95.7 Å². The van der Waals surface area contributed by atoms with Gasteiger partial charge in [-0.3, -0.25) is 0 Å². The Morgan fingerprint density at radius 2 is 2.06 bits per heavy atom. The molecule has 0 saturated carbocycles.